The summed E-state index contributed by atoms with van der Waals surface area (Å²) in [5, 5.41) is 17.0. The molecule has 404 valence electrons. The average Bonchev–Trinajstić information content (AvgIpc) is 3.12. The molecule has 0 aliphatic carbocycles. The molecule has 0 saturated heterocycles. The molecule has 0 heterocycles. The van der Waals surface area contributed by atoms with Crippen molar-refractivity contribution in [2.45, 2.75) is 99.2 Å². The molecule has 4 atom stereocenters. The number of ether oxygens (including phenoxy) is 7. The third kappa shape index (κ3) is 21.0. The standard InChI is InChI=1S/C16H12F20O5.C6H12O3.C5F10O.CH4/c1-2-3-37-4-6(39-10(21,22)8(18)41-16(35,36)12(25,26)14(30,31)32)5-38-9(19,20)7(17)40-15(33,34)11(23,24)13(27,28)29;1-2-3-9-5-6(8)4-7;6-1(7)2(8)16-5(14,15)3(9,10)4(11,12)13;/h2,6-8H,1,3-5H2;2,6-8H,1,3-5H2;;1H4. The quantitative estimate of drug-likeness (QED) is 0.0400. The Morgan fingerprint density at radius 2 is 0.821 bits per heavy atom. The maximum atomic E-state index is 13.7. The normalized spacial score (nSPS) is 15.6. The molecule has 0 bridgehead atoms. The summed E-state index contributed by atoms with van der Waals surface area (Å²) in [5.74, 6) is -21.4. The molecular weight excluding hydrogens is 1050 g/mol. The van der Waals surface area contributed by atoms with Crippen LogP contribution in [0.25, 0.3) is 0 Å². The maximum Gasteiger partial charge on any atom is 0.476 e. The van der Waals surface area contributed by atoms with E-state index in [1.54, 1.807) is 6.08 Å². The van der Waals surface area contributed by atoms with Crippen LogP contribution in [0.5, 0.6) is 0 Å². The van der Waals surface area contributed by atoms with Crippen LogP contribution >= 0.6 is 0 Å². The molecule has 0 aromatic rings. The Balaban J connectivity index is -0.000000621. The Morgan fingerprint density at radius 1 is 0.493 bits per heavy atom. The van der Waals surface area contributed by atoms with Crippen molar-refractivity contribution in [3.8, 4) is 0 Å². The lowest BCUT2D eigenvalue weighted by Gasteiger charge is -2.32. The number of rotatable bonds is 25. The SMILES string of the molecule is C.C=CCOCC(COC(F)(F)C(F)OC(F)(F)C(F)(F)C(F)(F)F)OC(F)(F)C(F)OC(F)(F)C(F)(F)C(F)(F)F.C=CCOCC(O)CO.FC(F)=C(F)OC(F)(F)C(F)(F)C(F)(F)F. The van der Waals surface area contributed by atoms with E-state index in [9.17, 15) is 132 Å². The van der Waals surface area contributed by atoms with Gasteiger partial charge in [0, 0.05) is 0 Å². The van der Waals surface area contributed by atoms with Crippen LogP contribution < -0.4 is 0 Å². The Labute approximate surface area is 352 Å². The highest BCUT2D eigenvalue weighted by atomic mass is 19.4. The molecule has 0 fully saturated rings. The molecule has 0 aromatic carbocycles. The second kappa shape index (κ2) is 26.0. The van der Waals surface area contributed by atoms with Gasteiger partial charge in [-0.3, -0.25) is 9.47 Å². The van der Waals surface area contributed by atoms with Gasteiger partial charge >= 0.3 is 78.9 Å². The molecular formula is C28H28F30O9. The van der Waals surface area contributed by atoms with E-state index in [-0.39, 0.29) is 20.6 Å². The van der Waals surface area contributed by atoms with Gasteiger partial charge in [-0.1, -0.05) is 19.6 Å². The largest absolute Gasteiger partial charge is 0.476 e. The summed E-state index contributed by atoms with van der Waals surface area (Å²) in [6, 6.07) is -3.52. The summed E-state index contributed by atoms with van der Waals surface area (Å²) < 4.78 is 394. The van der Waals surface area contributed by atoms with Crippen molar-refractivity contribution in [2.75, 3.05) is 39.6 Å². The van der Waals surface area contributed by atoms with Crippen molar-refractivity contribution < 1.29 is 175 Å². The van der Waals surface area contributed by atoms with E-state index in [2.05, 4.69) is 36.8 Å². The molecule has 0 spiro atoms. The van der Waals surface area contributed by atoms with Crippen molar-refractivity contribution in [1.29, 1.82) is 0 Å². The zero-order chi connectivity index (χ0) is 53.6. The Kier molecular flexibility index (Phi) is 27.2. The Morgan fingerprint density at radius 3 is 1.13 bits per heavy atom. The van der Waals surface area contributed by atoms with Gasteiger partial charge in [0.05, 0.1) is 39.6 Å². The van der Waals surface area contributed by atoms with Crippen LogP contribution in [0.4, 0.5) is 132 Å². The van der Waals surface area contributed by atoms with Crippen LogP contribution in [0.15, 0.2) is 37.4 Å². The average molecular weight is 1080 g/mol. The van der Waals surface area contributed by atoms with Crippen LogP contribution in [0.2, 0.25) is 0 Å². The molecule has 67 heavy (non-hydrogen) atoms. The van der Waals surface area contributed by atoms with E-state index in [1.165, 1.54) is 0 Å². The Hall–Kier alpha value is -3.40. The first-order valence-corrected chi connectivity index (χ1v) is 15.3. The predicted octanol–water partition coefficient (Wildman–Crippen LogP) is 11.0. The summed E-state index contributed by atoms with van der Waals surface area (Å²) in [7, 11) is 0. The van der Waals surface area contributed by atoms with Crippen LogP contribution in [-0.4, -0.2) is 142 Å². The number of alkyl halides is 27. The monoisotopic (exact) mass is 1080 g/mol. The van der Waals surface area contributed by atoms with Crippen LogP contribution in [0, 0.1) is 0 Å². The van der Waals surface area contributed by atoms with Gasteiger partial charge in [-0.05, 0) is 0 Å². The molecule has 0 saturated carbocycles. The van der Waals surface area contributed by atoms with Crippen LogP contribution in [0.3, 0.4) is 0 Å². The first kappa shape index (κ1) is 70.2. The predicted molar refractivity (Wildman–Crippen MR) is 154 cm³/mol. The summed E-state index contributed by atoms with van der Waals surface area (Å²) in [6.07, 6.45) is -69.7. The third-order valence-electron chi connectivity index (χ3n) is 5.64. The molecule has 0 rings (SSSR count). The molecule has 9 nitrogen and oxygen atoms in total. The summed E-state index contributed by atoms with van der Waals surface area (Å²) in [6.45, 7) is 1.84. The van der Waals surface area contributed by atoms with Gasteiger partial charge < -0.3 is 33.9 Å². The van der Waals surface area contributed by atoms with Gasteiger partial charge in [-0.15, -0.1) is 13.2 Å². The summed E-state index contributed by atoms with van der Waals surface area (Å²) in [4.78, 5) is 0. The highest BCUT2D eigenvalue weighted by Gasteiger charge is 2.78. The van der Waals surface area contributed by atoms with Crippen molar-refractivity contribution in [1.82, 2.24) is 0 Å². The fourth-order valence-electron chi connectivity index (χ4n) is 2.54. The van der Waals surface area contributed by atoms with Crippen molar-refractivity contribution in [3.05, 3.63) is 37.4 Å². The first-order chi connectivity index (χ1) is 29.0. The number of hydrogen-bond acceptors (Lipinski definition) is 9. The van der Waals surface area contributed by atoms with Gasteiger partial charge in [0.15, 0.2) is 0 Å². The van der Waals surface area contributed by atoms with Crippen molar-refractivity contribution in [3.63, 3.8) is 0 Å². The number of hydrogen-bond donors (Lipinski definition) is 2. The number of halogens is 30. The second-order valence-corrected chi connectivity index (χ2v) is 10.9. The van der Waals surface area contributed by atoms with Crippen molar-refractivity contribution in [2.24, 2.45) is 0 Å². The van der Waals surface area contributed by atoms with Gasteiger partial charge in [0.2, 0.25) is 0 Å². The first-order valence-electron chi connectivity index (χ1n) is 15.3. The minimum absolute atomic E-state index is 0. The lowest BCUT2D eigenvalue weighted by Crippen LogP contribution is -2.56. The number of aliphatic hydroxyl groups is 2. The molecule has 0 aliphatic heterocycles. The summed E-state index contributed by atoms with van der Waals surface area (Å²) in [5.41, 5.74) is 0. The van der Waals surface area contributed by atoms with E-state index in [1.807, 2.05) is 4.74 Å². The van der Waals surface area contributed by atoms with E-state index in [0.717, 1.165) is 6.08 Å². The zero-order valence-corrected chi connectivity index (χ0v) is 30.7. The minimum Gasteiger partial charge on any atom is -0.397 e. The van der Waals surface area contributed by atoms with Crippen molar-refractivity contribution >= 4 is 0 Å². The van der Waals surface area contributed by atoms with E-state index >= 15 is 0 Å². The third-order valence-corrected chi connectivity index (χ3v) is 5.64. The molecule has 2 N–H and O–H groups in total. The molecule has 39 heteroatoms. The van der Waals surface area contributed by atoms with Gasteiger partial charge in [-0.25, -0.2) is 8.78 Å². The molecule has 0 amide bonds. The van der Waals surface area contributed by atoms with Gasteiger partial charge in [-0.2, -0.15) is 123 Å². The smallest absolute Gasteiger partial charge is 0.397 e. The van der Waals surface area contributed by atoms with Crippen LogP contribution in [0.1, 0.15) is 7.43 Å². The zero-order valence-electron chi connectivity index (χ0n) is 30.7. The lowest BCUT2D eigenvalue weighted by atomic mass is 10.3. The molecule has 0 radical (unpaired) electrons. The van der Waals surface area contributed by atoms with E-state index in [0.29, 0.717) is 6.61 Å². The Bertz CT molecular complexity index is 1480. The van der Waals surface area contributed by atoms with Gasteiger partial charge in [0.25, 0.3) is 12.7 Å². The van der Waals surface area contributed by atoms with Crippen LogP contribution in [-0.2, 0) is 33.2 Å². The summed E-state index contributed by atoms with van der Waals surface area (Å²) >= 11 is 0. The maximum absolute atomic E-state index is 13.7. The van der Waals surface area contributed by atoms with Gasteiger partial charge in [0.1, 0.15) is 12.2 Å². The highest BCUT2D eigenvalue weighted by Crippen LogP contribution is 2.51. The molecule has 0 aliphatic rings. The molecule has 0 aromatic heterocycles. The fraction of sp³-hybridized carbons (Fsp3) is 0.786. The second-order valence-electron chi connectivity index (χ2n) is 10.9. The fourth-order valence-corrected chi connectivity index (χ4v) is 2.54. The topological polar surface area (TPSA) is 105 Å². The van der Waals surface area contributed by atoms with E-state index in [4.69, 9.17) is 14.9 Å². The molecule has 4 unspecified atom stereocenters. The lowest BCUT2D eigenvalue weighted by molar-refractivity contribution is -0.472. The number of aliphatic hydroxyl groups excluding tert-OH is 2. The minimum atomic E-state index is -7.31. The highest BCUT2D eigenvalue weighted by molar-refractivity contribution is 4.91. The van der Waals surface area contributed by atoms with E-state index < -0.39 is 124 Å².